The number of benzene rings is 1. The highest BCUT2D eigenvalue weighted by Crippen LogP contribution is 2.26. The van der Waals surface area contributed by atoms with Gasteiger partial charge in [0, 0.05) is 6.54 Å². The van der Waals surface area contributed by atoms with Crippen LogP contribution in [-0.4, -0.2) is 20.1 Å². The highest BCUT2D eigenvalue weighted by molar-refractivity contribution is 7.89. The third kappa shape index (κ3) is 3.88. The zero-order valence-electron chi connectivity index (χ0n) is 11.5. The summed E-state index contributed by atoms with van der Waals surface area (Å²) in [6, 6.07) is 6.05. The number of rotatable bonds is 6. The van der Waals surface area contributed by atoms with Crippen LogP contribution in [0.3, 0.4) is 0 Å². The van der Waals surface area contributed by atoms with Gasteiger partial charge in [0.25, 0.3) is 0 Å². The Morgan fingerprint density at radius 1 is 1.38 bits per heavy atom. The molecule has 2 aromatic rings. The maximum absolute atomic E-state index is 13.0. The number of nitrogens with one attached hydrogen (secondary N) is 1. The average molecular weight is 329 g/mol. The molecule has 2 rings (SSSR count). The van der Waals surface area contributed by atoms with Crippen molar-refractivity contribution in [2.45, 2.75) is 24.8 Å². The lowest BCUT2D eigenvalue weighted by molar-refractivity contribution is 0.282. The largest absolute Gasteiger partial charge is 0.391 e. The molecule has 0 aliphatic heterocycles. The summed E-state index contributed by atoms with van der Waals surface area (Å²) in [5, 5.41) is 10.9. The third-order valence-electron chi connectivity index (χ3n) is 3.00. The minimum Gasteiger partial charge on any atom is -0.391 e. The van der Waals surface area contributed by atoms with Crippen LogP contribution in [0.2, 0.25) is 0 Å². The highest BCUT2D eigenvalue weighted by atomic mass is 32.2. The number of sulfonamides is 1. The molecule has 7 heteroatoms. The Balaban J connectivity index is 2.06. The van der Waals surface area contributed by atoms with Crippen molar-refractivity contribution in [3.05, 3.63) is 51.5 Å². The molecule has 2 N–H and O–H groups in total. The monoisotopic (exact) mass is 329 g/mol. The van der Waals surface area contributed by atoms with Gasteiger partial charge in [0.15, 0.2) is 0 Å². The van der Waals surface area contributed by atoms with Gasteiger partial charge in [0.2, 0.25) is 10.0 Å². The fourth-order valence-electron chi connectivity index (χ4n) is 2.05. The van der Waals surface area contributed by atoms with Gasteiger partial charge in [-0.2, -0.15) is 0 Å². The maximum atomic E-state index is 13.0. The summed E-state index contributed by atoms with van der Waals surface area (Å²) < 4.78 is 40.1. The minimum absolute atomic E-state index is 0.147. The summed E-state index contributed by atoms with van der Waals surface area (Å²) in [6.07, 6.45) is 0.397. The summed E-state index contributed by atoms with van der Waals surface area (Å²) in [5.41, 5.74) is 1.34. The lowest BCUT2D eigenvalue weighted by atomic mass is 10.1. The van der Waals surface area contributed by atoms with E-state index < -0.39 is 10.0 Å². The SMILES string of the molecule is Cc1csc(CO)c1S(=O)(=O)NCCc1cccc(F)c1. The number of halogens is 1. The molecule has 0 aliphatic rings. The molecule has 0 atom stereocenters. The van der Waals surface area contributed by atoms with Crippen LogP contribution in [0.5, 0.6) is 0 Å². The number of hydrogen-bond acceptors (Lipinski definition) is 4. The van der Waals surface area contributed by atoms with Crippen molar-refractivity contribution in [1.82, 2.24) is 4.72 Å². The van der Waals surface area contributed by atoms with E-state index >= 15 is 0 Å². The van der Waals surface area contributed by atoms with E-state index in [-0.39, 0.29) is 23.9 Å². The summed E-state index contributed by atoms with van der Waals surface area (Å²) in [7, 11) is -3.66. The van der Waals surface area contributed by atoms with Crippen molar-refractivity contribution in [3.63, 3.8) is 0 Å². The van der Waals surface area contributed by atoms with Gasteiger partial charge >= 0.3 is 0 Å². The molecule has 0 saturated carbocycles. The smallest absolute Gasteiger partial charge is 0.242 e. The molecule has 1 aromatic heterocycles. The van der Waals surface area contributed by atoms with Gasteiger partial charge in [0.1, 0.15) is 10.7 Å². The molecule has 0 saturated heterocycles. The fraction of sp³-hybridized carbons (Fsp3) is 0.286. The minimum atomic E-state index is -3.66. The molecule has 4 nitrogen and oxygen atoms in total. The number of thiophene rings is 1. The van der Waals surface area contributed by atoms with E-state index in [9.17, 15) is 17.9 Å². The summed E-state index contributed by atoms with van der Waals surface area (Å²) in [6.45, 7) is 1.56. The van der Waals surface area contributed by atoms with E-state index in [0.717, 1.165) is 5.56 Å². The van der Waals surface area contributed by atoms with Gasteiger partial charge in [-0.15, -0.1) is 11.3 Å². The fourth-order valence-corrected chi connectivity index (χ4v) is 4.74. The topological polar surface area (TPSA) is 66.4 Å². The molecule has 0 spiro atoms. The Kier molecular flexibility index (Phi) is 5.10. The lowest BCUT2D eigenvalue weighted by Crippen LogP contribution is -2.27. The standard InChI is InChI=1S/C14H16FNO3S2/c1-10-9-20-13(8-17)14(10)21(18,19)16-6-5-11-3-2-4-12(15)7-11/h2-4,7,9,16-17H,5-6,8H2,1H3. The van der Waals surface area contributed by atoms with Crippen LogP contribution in [0.15, 0.2) is 34.5 Å². The first kappa shape index (κ1) is 16.1. The van der Waals surface area contributed by atoms with Crippen LogP contribution in [0, 0.1) is 12.7 Å². The normalized spacial score (nSPS) is 11.8. The van der Waals surface area contributed by atoms with Crippen molar-refractivity contribution in [3.8, 4) is 0 Å². The predicted molar refractivity (Wildman–Crippen MR) is 80.3 cm³/mol. The second-order valence-electron chi connectivity index (χ2n) is 4.61. The lowest BCUT2D eigenvalue weighted by Gasteiger charge is -2.08. The van der Waals surface area contributed by atoms with Gasteiger partial charge in [-0.25, -0.2) is 17.5 Å². The van der Waals surface area contributed by atoms with Crippen LogP contribution in [-0.2, 0) is 23.1 Å². The van der Waals surface area contributed by atoms with Crippen molar-refractivity contribution in [1.29, 1.82) is 0 Å². The summed E-state index contributed by atoms with van der Waals surface area (Å²) in [4.78, 5) is 0.569. The number of aliphatic hydroxyl groups excluding tert-OH is 1. The first-order valence-electron chi connectivity index (χ1n) is 6.36. The molecule has 21 heavy (non-hydrogen) atoms. The van der Waals surface area contributed by atoms with Gasteiger partial charge in [-0.05, 0) is 42.0 Å². The van der Waals surface area contributed by atoms with Crippen LogP contribution >= 0.6 is 11.3 Å². The zero-order chi connectivity index (χ0) is 15.5. The molecular formula is C14H16FNO3S2. The molecule has 0 unspecified atom stereocenters. The quantitative estimate of drug-likeness (QED) is 0.854. The van der Waals surface area contributed by atoms with Crippen LogP contribution in [0.4, 0.5) is 4.39 Å². The first-order valence-corrected chi connectivity index (χ1v) is 8.72. The molecule has 0 bridgehead atoms. The van der Waals surface area contributed by atoms with Crippen molar-refractivity contribution >= 4 is 21.4 Å². The zero-order valence-corrected chi connectivity index (χ0v) is 13.1. The van der Waals surface area contributed by atoms with Gasteiger partial charge in [-0.1, -0.05) is 12.1 Å². The van der Waals surface area contributed by atoms with E-state index in [2.05, 4.69) is 4.72 Å². The molecular weight excluding hydrogens is 313 g/mol. The van der Waals surface area contributed by atoms with Crippen molar-refractivity contribution in [2.24, 2.45) is 0 Å². The molecule has 0 radical (unpaired) electrons. The summed E-state index contributed by atoms with van der Waals surface area (Å²) >= 11 is 1.22. The highest BCUT2D eigenvalue weighted by Gasteiger charge is 2.22. The van der Waals surface area contributed by atoms with Crippen LogP contribution in [0.25, 0.3) is 0 Å². The Morgan fingerprint density at radius 3 is 2.81 bits per heavy atom. The number of aryl methyl sites for hydroxylation is 1. The molecule has 1 heterocycles. The predicted octanol–water partition coefficient (Wildman–Crippen LogP) is 2.21. The number of hydrogen-bond donors (Lipinski definition) is 2. The molecule has 0 fully saturated rings. The first-order chi connectivity index (χ1) is 9.94. The van der Waals surface area contributed by atoms with Crippen LogP contribution in [0.1, 0.15) is 16.0 Å². The molecule has 114 valence electrons. The van der Waals surface area contributed by atoms with Gasteiger partial charge in [0.05, 0.1) is 11.5 Å². The second kappa shape index (κ2) is 6.65. The van der Waals surface area contributed by atoms with Gasteiger partial charge < -0.3 is 5.11 Å². The van der Waals surface area contributed by atoms with Gasteiger partial charge in [-0.3, -0.25) is 0 Å². The molecule has 0 aliphatic carbocycles. The summed E-state index contributed by atoms with van der Waals surface area (Å²) in [5.74, 6) is -0.341. The Labute approximate surface area is 127 Å². The van der Waals surface area contributed by atoms with Crippen molar-refractivity contribution in [2.75, 3.05) is 6.54 Å². The Hall–Kier alpha value is -1.28. The third-order valence-corrected chi connectivity index (χ3v) is 5.90. The Morgan fingerprint density at radius 2 is 2.14 bits per heavy atom. The van der Waals surface area contributed by atoms with E-state index in [1.54, 1.807) is 24.4 Å². The van der Waals surface area contributed by atoms with E-state index in [0.29, 0.717) is 16.9 Å². The second-order valence-corrected chi connectivity index (χ2v) is 7.27. The van der Waals surface area contributed by atoms with E-state index in [4.69, 9.17) is 0 Å². The van der Waals surface area contributed by atoms with E-state index in [1.165, 1.54) is 23.5 Å². The van der Waals surface area contributed by atoms with Crippen LogP contribution < -0.4 is 4.72 Å². The van der Waals surface area contributed by atoms with E-state index in [1.807, 2.05) is 0 Å². The van der Waals surface area contributed by atoms with Crippen molar-refractivity contribution < 1.29 is 17.9 Å². The maximum Gasteiger partial charge on any atom is 0.242 e. The molecule has 0 amide bonds. The number of aliphatic hydroxyl groups is 1. The Bertz CT molecular complexity index is 726. The average Bonchev–Trinajstić information content (AvgIpc) is 2.80. The molecule has 1 aromatic carbocycles.